The van der Waals surface area contributed by atoms with Gasteiger partial charge in [-0.3, -0.25) is 4.79 Å². The van der Waals surface area contributed by atoms with Crippen LogP contribution in [0.15, 0.2) is 84.4 Å². The van der Waals surface area contributed by atoms with E-state index in [1.54, 1.807) is 42.5 Å². The van der Waals surface area contributed by atoms with E-state index in [9.17, 15) is 9.59 Å². The third kappa shape index (κ3) is 3.83. The molecule has 3 aromatic rings. The first-order chi connectivity index (χ1) is 12.2. The summed E-state index contributed by atoms with van der Waals surface area (Å²) in [5.74, 6) is -0.541. The molecule has 0 spiro atoms. The summed E-state index contributed by atoms with van der Waals surface area (Å²) in [5.41, 5.74) is 0.532. The lowest BCUT2D eigenvalue weighted by molar-refractivity contribution is -0.129. The van der Waals surface area contributed by atoms with Crippen LogP contribution in [-0.4, -0.2) is 11.8 Å². The van der Waals surface area contributed by atoms with Crippen LogP contribution in [0.2, 0.25) is 0 Å². The van der Waals surface area contributed by atoms with Gasteiger partial charge >= 0.3 is 5.97 Å². The molecular weight excluding hydrogens is 312 g/mol. The summed E-state index contributed by atoms with van der Waals surface area (Å²) in [5, 5.41) is 2.01. The van der Waals surface area contributed by atoms with Gasteiger partial charge in [0.1, 0.15) is 11.3 Å². The maximum atomic E-state index is 12.8. The summed E-state index contributed by atoms with van der Waals surface area (Å²) in [4.78, 5) is 25.3. The maximum Gasteiger partial charge on any atom is 0.347 e. The molecule has 0 amide bonds. The number of rotatable bonds is 5. The van der Waals surface area contributed by atoms with Crippen LogP contribution in [-0.2, 0) is 4.79 Å². The van der Waals surface area contributed by atoms with E-state index in [2.05, 4.69) is 0 Å². The number of fused-ring (bicyclic) bond motifs is 1. The highest BCUT2D eigenvalue weighted by Crippen LogP contribution is 2.20. The molecule has 0 heterocycles. The van der Waals surface area contributed by atoms with Gasteiger partial charge in [-0.2, -0.15) is 0 Å². The normalized spacial score (nSPS) is 11.3. The van der Waals surface area contributed by atoms with Gasteiger partial charge in [-0.1, -0.05) is 67.6 Å². The topological polar surface area (TPSA) is 43.4 Å². The first-order valence-electron chi connectivity index (χ1n) is 8.20. The standard InChI is InChI=1S/C22H18O3/c1-2-8-20(22(24)25-19-11-4-3-5-12-19)21(23)18-14-13-16-9-6-7-10-17(16)15-18/h3-15H,2H2,1H3. The minimum Gasteiger partial charge on any atom is -0.423 e. The van der Waals surface area contributed by atoms with Crippen molar-refractivity contribution in [1.82, 2.24) is 0 Å². The third-order valence-electron chi connectivity index (χ3n) is 3.84. The number of hydrogen-bond donors (Lipinski definition) is 0. The average Bonchev–Trinajstić information content (AvgIpc) is 2.66. The van der Waals surface area contributed by atoms with Crippen molar-refractivity contribution in [2.45, 2.75) is 13.3 Å². The zero-order valence-electron chi connectivity index (χ0n) is 13.9. The van der Waals surface area contributed by atoms with Crippen molar-refractivity contribution in [2.24, 2.45) is 0 Å². The molecule has 0 saturated heterocycles. The van der Waals surface area contributed by atoms with Crippen molar-refractivity contribution in [2.75, 3.05) is 0 Å². The van der Waals surface area contributed by atoms with Gasteiger partial charge in [-0.15, -0.1) is 0 Å². The predicted octanol–water partition coefficient (Wildman–Crippen LogP) is 4.96. The Morgan fingerprint density at radius 2 is 1.56 bits per heavy atom. The number of ether oxygens (including phenoxy) is 1. The van der Waals surface area contributed by atoms with Gasteiger partial charge in [0.2, 0.25) is 0 Å². The van der Waals surface area contributed by atoms with Crippen LogP contribution in [0.1, 0.15) is 23.7 Å². The van der Waals surface area contributed by atoms with E-state index in [-0.39, 0.29) is 11.4 Å². The maximum absolute atomic E-state index is 12.8. The van der Waals surface area contributed by atoms with Crippen LogP contribution in [0.4, 0.5) is 0 Å². The van der Waals surface area contributed by atoms with Gasteiger partial charge < -0.3 is 4.74 Å². The lowest BCUT2D eigenvalue weighted by Gasteiger charge is -2.08. The van der Waals surface area contributed by atoms with Crippen molar-refractivity contribution < 1.29 is 14.3 Å². The smallest absolute Gasteiger partial charge is 0.347 e. The number of allylic oxidation sites excluding steroid dienone is 1. The molecule has 0 radical (unpaired) electrons. The van der Waals surface area contributed by atoms with E-state index in [4.69, 9.17) is 4.74 Å². The second kappa shape index (κ2) is 7.58. The molecule has 25 heavy (non-hydrogen) atoms. The molecule has 0 N–H and O–H groups in total. The van der Waals surface area contributed by atoms with Crippen molar-refractivity contribution in [3.8, 4) is 5.75 Å². The van der Waals surface area contributed by atoms with Crippen molar-refractivity contribution in [3.63, 3.8) is 0 Å². The Morgan fingerprint density at radius 3 is 2.28 bits per heavy atom. The first-order valence-corrected chi connectivity index (χ1v) is 8.20. The minimum atomic E-state index is -0.633. The Balaban J connectivity index is 1.89. The van der Waals surface area contributed by atoms with Gasteiger partial charge in [0.25, 0.3) is 0 Å². The number of carbonyl (C=O) groups is 2. The Morgan fingerprint density at radius 1 is 0.880 bits per heavy atom. The average molecular weight is 330 g/mol. The Labute approximate surface area is 146 Å². The summed E-state index contributed by atoms with van der Waals surface area (Å²) in [7, 11) is 0. The van der Waals surface area contributed by atoms with Crippen LogP contribution >= 0.6 is 0 Å². The highest BCUT2D eigenvalue weighted by atomic mass is 16.5. The van der Waals surface area contributed by atoms with Crippen molar-refractivity contribution in [1.29, 1.82) is 0 Å². The molecule has 3 aromatic carbocycles. The number of carbonyl (C=O) groups excluding carboxylic acids is 2. The van der Waals surface area contributed by atoms with E-state index < -0.39 is 5.97 Å². The van der Waals surface area contributed by atoms with Crippen LogP contribution in [0.25, 0.3) is 10.8 Å². The second-order valence-corrected chi connectivity index (χ2v) is 5.62. The summed E-state index contributed by atoms with van der Waals surface area (Å²) in [6.45, 7) is 1.88. The number of hydrogen-bond acceptors (Lipinski definition) is 3. The second-order valence-electron chi connectivity index (χ2n) is 5.62. The number of para-hydroxylation sites is 1. The largest absolute Gasteiger partial charge is 0.423 e. The number of ketones is 1. The Kier molecular flexibility index (Phi) is 5.05. The summed E-state index contributed by atoms with van der Waals surface area (Å²) in [6, 6.07) is 22.0. The van der Waals surface area contributed by atoms with Gasteiger partial charge in [-0.25, -0.2) is 4.79 Å². The lowest BCUT2D eigenvalue weighted by atomic mass is 9.99. The monoisotopic (exact) mass is 330 g/mol. The van der Waals surface area contributed by atoms with Gasteiger partial charge in [0.15, 0.2) is 5.78 Å². The fourth-order valence-electron chi connectivity index (χ4n) is 2.61. The van der Waals surface area contributed by atoms with Gasteiger partial charge in [0.05, 0.1) is 0 Å². The quantitative estimate of drug-likeness (QED) is 0.166. The fraction of sp³-hybridized carbons (Fsp3) is 0.0909. The Bertz CT molecular complexity index is 940. The zero-order chi connectivity index (χ0) is 17.6. The summed E-state index contributed by atoms with van der Waals surface area (Å²) >= 11 is 0. The highest BCUT2D eigenvalue weighted by Gasteiger charge is 2.21. The van der Waals surface area contributed by atoms with Crippen LogP contribution in [0.3, 0.4) is 0 Å². The van der Waals surface area contributed by atoms with Gasteiger partial charge in [-0.05, 0) is 35.4 Å². The van der Waals surface area contributed by atoms with E-state index in [0.717, 1.165) is 10.8 Å². The first kappa shape index (κ1) is 16.7. The predicted molar refractivity (Wildman–Crippen MR) is 98.7 cm³/mol. The molecule has 0 fully saturated rings. The molecule has 0 saturated carbocycles. The fourth-order valence-corrected chi connectivity index (χ4v) is 2.61. The van der Waals surface area contributed by atoms with Crippen molar-refractivity contribution in [3.05, 3.63) is 90.0 Å². The molecule has 3 nitrogen and oxygen atoms in total. The number of benzene rings is 3. The SMILES string of the molecule is CCC=C(C(=O)Oc1ccccc1)C(=O)c1ccc2ccccc2c1. The molecule has 124 valence electrons. The third-order valence-corrected chi connectivity index (χ3v) is 3.84. The molecule has 3 rings (SSSR count). The molecule has 0 unspecified atom stereocenters. The van der Waals surface area contributed by atoms with E-state index >= 15 is 0 Å². The summed E-state index contributed by atoms with van der Waals surface area (Å²) in [6.07, 6.45) is 2.18. The van der Waals surface area contributed by atoms with Crippen molar-refractivity contribution >= 4 is 22.5 Å². The summed E-state index contributed by atoms with van der Waals surface area (Å²) < 4.78 is 5.33. The van der Waals surface area contributed by atoms with E-state index in [1.165, 1.54) is 0 Å². The molecule has 0 aliphatic carbocycles. The van der Waals surface area contributed by atoms with Gasteiger partial charge in [0, 0.05) is 5.56 Å². The Hall–Kier alpha value is -3.20. The van der Waals surface area contributed by atoms with E-state index in [0.29, 0.717) is 17.7 Å². The molecule has 0 aromatic heterocycles. The molecule has 0 bridgehead atoms. The van der Waals surface area contributed by atoms with Crippen LogP contribution < -0.4 is 4.74 Å². The lowest BCUT2D eigenvalue weighted by Crippen LogP contribution is -2.18. The molecule has 3 heteroatoms. The number of esters is 1. The highest BCUT2D eigenvalue weighted by molar-refractivity contribution is 6.25. The number of Topliss-reactive ketones (excluding diaryl/α,β-unsaturated/α-hetero) is 1. The molecule has 0 aliphatic heterocycles. The molecule has 0 atom stereocenters. The van der Waals surface area contributed by atoms with Crippen LogP contribution in [0, 0.1) is 0 Å². The van der Waals surface area contributed by atoms with E-state index in [1.807, 2.05) is 43.3 Å². The molecular formula is C22H18O3. The minimum absolute atomic E-state index is 0.0571. The van der Waals surface area contributed by atoms with Crippen LogP contribution in [0.5, 0.6) is 5.75 Å². The molecule has 0 aliphatic rings. The zero-order valence-corrected chi connectivity index (χ0v) is 13.9.